The van der Waals surface area contributed by atoms with Crippen molar-refractivity contribution >= 4 is 45.4 Å². The normalized spacial score (nSPS) is 16.4. The molecule has 1 atom stereocenters. The predicted molar refractivity (Wildman–Crippen MR) is 135 cm³/mol. The highest BCUT2D eigenvalue weighted by atomic mass is 127. The summed E-state index contributed by atoms with van der Waals surface area (Å²) < 4.78 is 23.3. The number of para-hydroxylation sites is 1. The molecule has 0 aliphatic carbocycles. The smallest absolute Gasteiger partial charge is 0.324 e. The Morgan fingerprint density at radius 2 is 1.88 bits per heavy atom. The Hall–Kier alpha value is -3.19. The van der Waals surface area contributed by atoms with Crippen LogP contribution in [0.4, 0.5) is 0 Å². The molecular weight excluding hydrogens is 549 g/mol. The van der Waals surface area contributed by atoms with E-state index in [9.17, 15) is 9.59 Å². The zero-order valence-corrected chi connectivity index (χ0v) is 21.2. The number of cyclic esters (lactones) is 2. The number of ether oxygens (including phenoxy) is 4. The molecule has 1 saturated heterocycles. The molecule has 0 amide bonds. The number of carbonyl (C=O) groups is 2. The molecule has 3 aromatic rings. The molecule has 0 spiro atoms. The number of nitrogens with one attached hydrogen (secondary N) is 1. The van der Waals surface area contributed by atoms with E-state index in [1.54, 1.807) is 6.07 Å². The molecule has 8 heteroatoms. The van der Waals surface area contributed by atoms with Gasteiger partial charge in [0.2, 0.25) is 0 Å². The lowest BCUT2D eigenvalue weighted by Gasteiger charge is -2.36. The molecule has 1 aliphatic heterocycles. The van der Waals surface area contributed by atoms with Crippen LogP contribution in [0, 0.1) is 21.8 Å². The maximum atomic E-state index is 13.2. The van der Waals surface area contributed by atoms with Crippen molar-refractivity contribution in [3.05, 3.63) is 57.3 Å². The van der Waals surface area contributed by atoms with E-state index in [0.717, 1.165) is 20.0 Å². The van der Waals surface area contributed by atoms with Crippen molar-refractivity contribution in [2.45, 2.75) is 32.5 Å². The third-order valence-corrected chi connectivity index (χ3v) is 6.28. The highest BCUT2D eigenvalue weighted by Gasteiger charge is 2.49. The number of rotatable bonds is 7. The first-order valence-corrected chi connectivity index (χ1v) is 11.9. The number of fused-ring (bicyclic) bond motifs is 1. The van der Waals surface area contributed by atoms with E-state index in [4.69, 9.17) is 25.4 Å². The van der Waals surface area contributed by atoms with Crippen molar-refractivity contribution in [3.63, 3.8) is 0 Å². The highest BCUT2D eigenvalue weighted by Crippen LogP contribution is 2.44. The average Bonchev–Trinajstić information content (AvgIpc) is 3.19. The first-order valence-electron chi connectivity index (χ1n) is 10.8. The summed E-state index contributed by atoms with van der Waals surface area (Å²) in [7, 11) is 0. The lowest BCUT2D eigenvalue weighted by molar-refractivity contribution is -0.240. The average molecular weight is 573 g/mol. The van der Waals surface area contributed by atoms with Gasteiger partial charge in [-0.3, -0.25) is 9.59 Å². The molecule has 7 nitrogen and oxygen atoms in total. The van der Waals surface area contributed by atoms with Gasteiger partial charge in [0.1, 0.15) is 6.61 Å². The molecule has 1 aliphatic rings. The monoisotopic (exact) mass is 573 g/mol. The van der Waals surface area contributed by atoms with E-state index in [2.05, 4.69) is 33.5 Å². The summed E-state index contributed by atoms with van der Waals surface area (Å²) >= 11 is 2.13. The van der Waals surface area contributed by atoms with E-state index < -0.39 is 29.6 Å². The number of hydrogen-bond donors (Lipinski definition) is 1. The third kappa shape index (κ3) is 4.57. The molecule has 2 aromatic carbocycles. The number of benzene rings is 2. The molecule has 1 fully saturated rings. The number of carbonyl (C=O) groups excluding carboxylic acids is 2. The van der Waals surface area contributed by atoms with Gasteiger partial charge < -0.3 is 23.9 Å². The number of H-pyrrole nitrogens is 1. The van der Waals surface area contributed by atoms with Gasteiger partial charge in [-0.15, -0.1) is 6.42 Å². The number of hydrogen-bond acceptors (Lipinski definition) is 6. The molecule has 1 aromatic heterocycles. The first-order chi connectivity index (χ1) is 16.3. The SMILES string of the molecule is C#CCOc1c(I)cc([C@H](c2c[nH]c3ccccc23)C2C(=O)OC(C)(C)OC2=O)cc1OCC. The summed E-state index contributed by atoms with van der Waals surface area (Å²) in [5.41, 5.74) is 2.34. The van der Waals surface area contributed by atoms with Gasteiger partial charge >= 0.3 is 11.9 Å². The van der Waals surface area contributed by atoms with Crippen molar-refractivity contribution in [2.75, 3.05) is 13.2 Å². The number of aromatic amines is 1. The van der Waals surface area contributed by atoms with Crippen LogP contribution in [0.5, 0.6) is 11.5 Å². The van der Waals surface area contributed by atoms with Crippen molar-refractivity contribution in [1.29, 1.82) is 0 Å². The molecule has 4 rings (SSSR count). The lowest BCUT2D eigenvalue weighted by atomic mass is 9.80. The quantitative estimate of drug-likeness (QED) is 0.190. The van der Waals surface area contributed by atoms with Crippen molar-refractivity contribution < 1.29 is 28.5 Å². The predicted octanol–water partition coefficient (Wildman–Crippen LogP) is 4.77. The van der Waals surface area contributed by atoms with Gasteiger partial charge in [-0.05, 0) is 58.8 Å². The summed E-state index contributed by atoms with van der Waals surface area (Å²) in [6, 6.07) is 11.3. The molecule has 0 bridgehead atoms. The van der Waals surface area contributed by atoms with E-state index in [1.165, 1.54) is 13.8 Å². The topological polar surface area (TPSA) is 86.9 Å². The number of halogens is 1. The van der Waals surface area contributed by atoms with E-state index >= 15 is 0 Å². The molecule has 0 radical (unpaired) electrons. The highest BCUT2D eigenvalue weighted by molar-refractivity contribution is 14.1. The van der Waals surface area contributed by atoms with Crippen LogP contribution in [0.1, 0.15) is 37.8 Å². The molecule has 34 heavy (non-hydrogen) atoms. The van der Waals surface area contributed by atoms with Crippen LogP contribution >= 0.6 is 22.6 Å². The fourth-order valence-corrected chi connectivity index (χ4v) is 4.97. The maximum absolute atomic E-state index is 13.2. The zero-order valence-electron chi connectivity index (χ0n) is 19.0. The van der Waals surface area contributed by atoms with Gasteiger partial charge in [0.25, 0.3) is 5.79 Å². The van der Waals surface area contributed by atoms with Crippen LogP contribution in [0.3, 0.4) is 0 Å². The minimum Gasteiger partial charge on any atom is -0.490 e. The maximum Gasteiger partial charge on any atom is 0.324 e. The minimum absolute atomic E-state index is 0.0810. The van der Waals surface area contributed by atoms with Crippen molar-refractivity contribution in [2.24, 2.45) is 5.92 Å². The van der Waals surface area contributed by atoms with Gasteiger partial charge in [-0.1, -0.05) is 24.1 Å². The molecule has 0 saturated carbocycles. The molecular formula is C26H24INO6. The second-order valence-electron chi connectivity index (χ2n) is 8.24. The van der Waals surface area contributed by atoms with E-state index in [-0.39, 0.29) is 6.61 Å². The minimum atomic E-state index is -1.33. The van der Waals surface area contributed by atoms with Crippen LogP contribution in [0.2, 0.25) is 0 Å². The van der Waals surface area contributed by atoms with Crippen LogP contribution in [0.25, 0.3) is 10.9 Å². The Kier molecular flexibility index (Phi) is 6.75. The fourth-order valence-electron chi connectivity index (χ4n) is 4.19. The van der Waals surface area contributed by atoms with Crippen LogP contribution < -0.4 is 9.47 Å². The molecule has 176 valence electrons. The molecule has 2 heterocycles. The van der Waals surface area contributed by atoms with Gasteiger partial charge in [0, 0.05) is 36.9 Å². The van der Waals surface area contributed by atoms with Gasteiger partial charge in [-0.2, -0.15) is 0 Å². The van der Waals surface area contributed by atoms with Gasteiger partial charge in [0.15, 0.2) is 17.4 Å². The molecule has 0 unspecified atom stereocenters. The summed E-state index contributed by atoms with van der Waals surface area (Å²) in [6.07, 6.45) is 7.18. The Bertz CT molecular complexity index is 1270. The Morgan fingerprint density at radius 3 is 2.56 bits per heavy atom. The van der Waals surface area contributed by atoms with Crippen LogP contribution in [-0.2, 0) is 19.1 Å². The van der Waals surface area contributed by atoms with E-state index in [1.807, 2.05) is 43.5 Å². The largest absolute Gasteiger partial charge is 0.490 e. The Morgan fingerprint density at radius 1 is 1.18 bits per heavy atom. The van der Waals surface area contributed by atoms with Crippen molar-refractivity contribution in [1.82, 2.24) is 4.98 Å². The first kappa shape index (κ1) is 24.0. The zero-order chi connectivity index (χ0) is 24.5. The Balaban J connectivity index is 1.91. The number of aromatic nitrogens is 1. The Labute approximate surface area is 211 Å². The fraction of sp³-hybridized carbons (Fsp3) is 0.308. The van der Waals surface area contributed by atoms with Crippen molar-refractivity contribution in [3.8, 4) is 23.8 Å². The van der Waals surface area contributed by atoms with Crippen LogP contribution in [-0.4, -0.2) is 35.9 Å². The molecule has 1 N–H and O–H groups in total. The summed E-state index contributed by atoms with van der Waals surface area (Å²) in [4.78, 5) is 29.5. The number of esters is 2. The second-order valence-corrected chi connectivity index (χ2v) is 9.40. The van der Waals surface area contributed by atoms with E-state index in [0.29, 0.717) is 23.7 Å². The lowest BCUT2D eigenvalue weighted by Crippen LogP contribution is -2.48. The number of terminal acetylenes is 1. The summed E-state index contributed by atoms with van der Waals surface area (Å²) in [5, 5.41) is 0.888. The second kappa shape index (κ2) is 9.58. The standard InChI is InChI=1S/C26H24INO6/c1-5-11-32-23-18(27)12-15(13-20(23)31-6-2)21(17-14-28-19-10-8-7-9-16(17)19)22-24(29)33-26(3,4)34-25(22)30/h1,7-10,12-14,21-22,28H,6,11H2,2-4H3/t21-/m1/s1. The van der Waals surface area contributed by atoms with Crippen LogP contribution in [0.15, 0.2) is 42.6 Å². The summed E-state index contributed by atoms with van der Waals surface area (Å²) in [5.74, 6) is -1.06. The third-order valence-electron chi connectivity index (χ3n) is 5.48. The summed E-state index contributed by atoms with van der Waals surface area (Å²) in [6.45, 7) is 5.41. The van der Waals surface area contributed by atoms with Gasteiger partial charge in [-0.25, -0.2) is 0 Å². The van der Waals surface area contributed by atoms with Gasteiger partial charge in [0.05, 0.1) is 10.2 Å².